The molecule has 2 atom stereocenters. The number of hydrogen-bond acceptors (Lipinski definition) is 6. The molecule has 0 radical (unpaired) electrons. The van der Waals surface area contributed by atoms with Crippen LogP contribution in [-0.4, -0.2) is 30.9 Å². The lowest BCUT2D eigenvalue weighted by Crippen LogP contribution is -2.30. The lowest BCUT2D eigenvalue weighted by Gasteiger charge is -2.29. The summed E-state index contributed by atoms with van der Waals surface area (Å²) in [4.78, 5) is 26.1. The van der Waals surface area contributed by atoms with Crippen molar-refractivity contribution < 1.29 is 4.92 Å². The third-order valence-electron chi connectivity index (χ3n) is 4.40. The molecular formula is C15H20N6O2. The van der Waals surface area contributed by atoms with Crippen LogP contribution in [0, 0.1) is 23.0 Å². The van der Waals surface area contributed by atoms with Crippen LogP contribution < -0.4 is 5.32 Å². The van der Waals surface area contributed by atoms with Gasteiger partial charge in [0.05, 0.1) is 11.1 Å². The van der Waals surface area contributed by atoms with Gasteiger partial charge in [-0.05, 0) is 25.7 Å². The Balaban J connectivity index is 1.76. The maximum atomic E-state index is 10.8. The van der Waals surface area contributed by atoms with Crippen molar-refractivity contribution in [3.8, 4) is 11.5 Å². The van der Waals surface area contributed by atoms with E-state index in [1.165, 1.54) is 25.5 Å². The molecule has 1 aliphatic carbocycles. The molecule has 8 nitrogen and oxygen atoms in total. The van der Waals surface area contributed by atoms with Crippen LogP contribution in [0.4, 0.5) is 11.6 Å². The minimum atomic E-state index is -0.483. The number of H-pyrrole nitrogens is 1. The highest BCUT2D eigenvalue weighted by Crippen LogP contribution is 2.26. The summed E-state index contributed by atoms with van der Waals surface area (Å²) in [5.41, 5.74) is 0.904. The zero-order valence-electron chi connectivity index (χ0n) is 13.2. The molecule has 0 spiro atoms. The van der Waals surface area contributed by atoms with Gasteiger partial charge in [0.15, 0.2) is 5.82 Å². The van der Waals surface area contributed by atoms with Gasteiger partial charge in [0.1, 0.15) is 17.6 Å². The van der Waals surface area contributed by atoms with Gasteiger partial charge >= 0.3 is 5.69 Å². The van der Waals surface area contributed by atoms with E-state index in [1.54, 1.807) is 13.1 Å². The van der Waals surface area contributed by atoms with Crippen molar-refractivity contribution in [2.24, 2.45) is 5.92 Å². The number of nitrogens with zero attached hydrogens (tertiary/aromatic N) is 4. The van der Waals surface area contributed by atoms with Crippen molar-refractivity contribution in [2.75, 3.05) is 5.32 Å². The first kappa shape index (κ1) is 15.4. The van der Waals surface area contributed by atoms with Crippen molar-refractivity contribution in [2.45, 2.75) is 45.6 Å². The van der Waals surface area contributed by atoms with Crippen LogP contribution in [0.15, 0.2) is 12.4 Å². The zero-order chi connectivity index (χ0) is 16.4. The molecule has 0 unspecified atom stereocenters. The summed E-state index contributed by atoms with van der Waals surface area (Å²) in [5.74, 6) is 1.72. The van der Waals surface area contributed by atoms with E-state index < -0.39 is 4.92 Å². The number of nitrogens with one attached hydrogen (secondary N) is 2. The van der Waals surface area contributed by atoms with Crippen LogP contribution in [0.2, 0.25) is 0 Å². The third kappa shape index (κ3) is 3.30. The number of rotatable bonds is 4. The second-order valence-electron chi connectivity index (χ2n) is 6.08. The highest BCUT2D eigenvalue weighted by Gasteiger charge is 2.22. The number of aromatic nitrogens is 4. The molecular weight excluding hydrogens is 296 g/mol. The van der Waals surface area contributed by atoms with Gasteiger partial charge in [0.25, 0.3) is 0 Å². The van der Waals surface area contributed by atoms with Gasteiger partial charge in [-0.2, -0.15) is 0 Å². The summed E-state index contributed by atoms with van der Waals surface area (Å²) in [5, 5.41) is 14.3. The molecule has 2 aromatic rings. The minimum Gasteiger partial charge on any atom is -0.353 e. The lowest BCUT2D eigenvalue weighted by molar-refractivity contribution is -0.386. The highest BCUT2D eigenvalue weighted by atomic mass is 16.6. The monoisotopic (exact) mass is 316 g/mol. The fraction of sp³-hybridized carbons (Fsp3) is 0.533. The van der Waals surface area contributed by atoms with E-state index in [2.05, 4.69) is 32.2 Å². The average Bonchev–Trinajstić information content (AvgIpc) is 2.98. The number of aromatic amines is 1. The lowest BCUT2D eigenvalue weighted by atomic mass is 9.86. The Bertz CT molecular complexity index is 714. The normalized spacial score (nSPS) is 21.1. The number of imidazole rings is 1. The molecule has 0 aliphatic heterocycles. The standard InChI is InChI=1S/C15H20N6O2/c1-9-5-3-4-6-11(9)19-15-17-7-12(20-15)14-16-8-13(21(22)23)10(2)18-14/h7-9,11H,3-6H2,1-2H3,(H2,17,19,20)/t9-,11-/m1/s1. The second-order valence-corrected chi connectivity index (χ2v) is 6.08. The van der Waals surface area contributed by atoms with Crippen LogP contribution in [0.5, 0.6) is 0 Å². The van der Waals surface area contributed by atoms with E-state index >= 15 is 0 Å². The van der Waals surface area contributed by atoms with Crippen LogP contribution in [0.25, 0.3) is 11.5 Å². The first-order chi connectivity index (χ1) is 11.0. The van der Waals surface area contributed by atoms with Gasteiger partial charge < -0.3 is 10.3 Å². The van der Waals surface area contributed by atoms with Crippen LogP contribution in [0.1, 0.15) is 38.3 Å². The Labute approximate surface area is 133 Å². The van der Waals surface area contributed by atoms with Crippen molar-refractivity contribution in [1.29, 1.82) is 0 Å². The molecule has 1 saturated carbocycles. The third-order valence-corrected chi connectivity index (χ3v) is 4.40. The summed E-state index contributed by atoms with van der Waals surface area (Å²) >= 11 is 0. The van der Waals surface area contributed by atoms with Crippen molar-refractivity contribution in [3.63, 3.8) is 0 Å². The first-order valence-electron chi connectivity index (χ1n) is 7.84. The Morgan fingerprint density at radius 3 is 2.78 bits per heavy atom. The van der Waals surface area contributed by atoms with E-state index in [1.807, 2.05) is 0 Å². The quantitative estimate of drug-likeness (QED) is 0.662. The molecule has 0 amide bonds. The molecule has 122 valence electrons. The molecule has 0 aromatic carbocycles. The molecule has 2 aromatic heterocycles. The predicted octanol–water partition coefficient (Wildman–Crippen LogP) is 3.07. The fourth-order valence-corrected chi connectivity index (χ4v) is 2.98. The maximum absolute atomic E-state index is 10.8. The molecule has 1 fully saturated rings. The van der Waals surface area contributed by atoms with E-state index in [0.29, 0.717) is 35.1 Å². The maximum Gasteiger partial charge on any atom is 0.308 e. The Morgan fingerprint density at radius 2 is 2.09 bits per heavy atom. The molecule has 0 saturated heterocycles. The summed E-state index contributed by atoms with van der Waals surface area (Å²) in [6, 6.07) is 0.419. The van der Waals surface area contributed by atoms with Crippen LogP contribution in [-0.2, 0) is 0 Å². The predicted molar refractivity (Wildman–Crippen MR) is 86.0 cm³/mol. The minimum absolute atomic E-state index is 0.0809. The number of hydrogen-bond donors (Lipinski definition) is 2. The summed E-state index contributed by atoms with van der Waals surface area (Å²) < 4.78 is 0. The highest BCUT2D eigenvalue weighted by molar-refractivity contribution is 5.53. The Morgan fingerprint density at radius 1 is 1.30 bits per heavy atom. The summed E-state index contributed by atoms with van der Waals surface area (Å²) in [6.07, 6.45) is 7.78. The van der Waals surface area contributed by atoms with E-state index in [4.69, 9.17) is 0 Å². The molecule has 0 bridgehead atoms. The molecule has 8 heteroatoms. The van der Waals surface area contributed by atoms with Crippen molar-refractivity contribution in [3.05, 3.63) is 28.2 Å². The van der Waals surface area contributed by atoms with E-state index in [9.17, 15) is 10.1 Å². The second kappa shape index (κ2) is 6.31. The molecule has 2 N–H and O–H groups in total. The van der Waals surface area contributed by atoms with Crippen molar-refractivity contribution in [1.82, 2.24) is 19.9 Å². The van der Waals surface area contributed by atoms with Crippen LogP contribution in [0.3, 0.4) is 0 Å². The number of nitro groups is 1. The number of anilines is 1. The molecule has 23 heavy (non-hydrogen) atoms. The molecule has 1 aliphatic rings. The molecule has 3 rings (SSSR count). The van der Waals surface area contributed by atoms with E-state index in [0.717, 1.165) is 6.42 Å². The van der Waals surface area contributed by atoms with Crippen molar-refractivity contribution >= 4 is 11.6 Å². The topological polar surface area (TPSA) is 110 Å². The summed E-state index contributed by atoms with van der Waals surface area (Å²) in [7, 11) is 0. The largest absolute Gasteiger partial charge is 0.353 e. The smallest absolute Gasteiger partial charge is 0.308 e. The van der Waals surface area contributed by atoms with Crippen LogP contribution >= 0.6 is 0 Å². The zero-order valence-corrected chi connectivity index (χ0v) is 13.2. The Hall–Kier alpha value is -2.51. The van der Waals surface area contributed by atoms with Gasteiger partial charge in [-0.1, -0.05) is 19.8 Å². The number of aryl methyl sites for hydroxylation is 1. The van der Waals surface area contributed by atoms with Gasteiger partial charge in [0.2, 0.25) is 5.95 Å². The first-order valence-corrected chi connectivity index (χ1v) is 7.84. The van der Waals surface area contributed by atoms with Gasteiger partial charge in [0, 0.05) is 6.04 Å². The molecule has 2 heterocycles. The van der Waals surface area contributed by atoms with Gasteiger partial charge in [-0.25, -0.2) is 15.0 Å². The SMILES string of the molecule is Cc1nc(-c2cnc(N[C@@H]3CCCC[C@H]3C)[nH]2)ncc1[N+](=O)[O-]. The van der Waals surface area contributed by atoms with E-state index in [-0.39, 0.29) is 5.69 Å². The Kier molecular flexibility index (Phi) is 4.22. The van der Waals surface area contributed by atoms with Gasteiger partial charge in [-0.3, -0.25) is 10.1 Å². The summed E-state index contributed by atoms with van der Waals surface area (Å²) in [6.45, 7) is 3.85. The fourth-order valence-electron chi connectivity index (χ4n) is 2.98. The van der Waals surface area contributed by atoms with Gasteiger partial charge in [-0.15, -0.1) is 0 Å². The average molecular weight is 316 g/mol.